The van der Waals surface area contributed by atoms with Crippen LogP contribution in [0.2, 0.25) is 0 Å². The minimum absolute atomic E-state index is 0.0599. The number of anilines is 2. The number of hydrogen-bond donors (Lipinski definition) is 3. The third-order valence-electron chi connectivity index (χ3n) is 4.45. The van der Waals surface area contributed by atoms with Crippen LogP contribution < -0.4 is 10.6 Å². The average Bonchev–Trinajstić information content (AvgIpc) is 2.76. The van der Waals surface area contributed by atoms with Crippen LogP contribution in [0.15, 0.2) is 82.6 Å². The lowest BCUT2D eigenvalue weighted by Crippen LogP contribution is -2.12. The van der Waals surface area contributed by atoms with Crippen LogP contribution in [0.1, 0.15) is 29.3 Å². The molecule has 0 unspecified atom stereocenters. The van der Waals surface area contributed by atoms with E-state index >= 15 is 0 Å². The lowest BCUT2D eigenvalue weighted by atomic mass is 10.1. The Balaban J connectivity index is 0.000000224. The molecule has 0 spiro atoms. The highest BCUT2D eigenvalue weighted by atomic mass is 32.2. The number of para-hydroxylation sites is 1. The second-order valence-corrected chi connectivity index (χ2v) is 8.33. The second kappa shape index (κ2) is 11.0. The van der Waals surface area contributed by atoms with E-state index < -0.39 is 0 Å². The summed E-state index contributed by atoms with van der Waals surface area (Å²) in [5.74, 6) is 1.12. The van der Waals surface area contributed by atoms with Crippen molar-refractivity contribution in [2.45, 2.75) is 29.6 Å². The molecule has 1 aliphatic heterocycles. The number of aryl methyl sites for hydroxylation is 1. The monoisotopic (exact) mass is 422 g/mol. The van der Waals surface area contributed by atoms with E-state index in [2.05, 4.69) is 48.4 Å². The van der Waals surface area contributed by atoms with Crippen LogP contribution in [0.4, 0.5) is 11.4 Å². The molecule has 1 heterocycles. The first-order chi connectivity index (χ1) is 14.2. The van der Waals surface area contributed by atoms with Crippen LogP contribution in [-0.2, 0) is 6.42 Å². The molecule has 150 valence electrons. The van der Waals surface area contributed by atoms with Crippen molar-refractivity contribution in [3.8, 4) is 0 Å². The van der Waals surface area contributed by atoms with Gasteiger partial charge in [0.15, 0.2) is 0 Å². The van der Waals surface area contributed by atoms with Crippen LogP contribution >= 0.6 is 24.4 Å². The Kier molecular flexibility index (Phi) is 8.08. The molecule has 3 aromatic rings. The van der Waals surface area contributed by atoms with E-state index in [1.807, 2.05) is 66.4 Å². The van der Waals surface area contributed by atoms with Gasteiger partial charge in [0.05, 0.1) is 0 Å². The number of hydrogen-bond acceptors (Lipinski definition) is 4. The molecule has 0 fully saturated rings. The van der Waals surface area contributed by atoms with Gasteiger partial charge in [-0.3, -0.25) is 4.79 Å². The number of thioether (sulfide) groups is 1. The van der Waals surface area contributed by atoms with E-state index in [4.69, 9.17) is 0 Å². The lowest BCUT2D eigenvalue weighted by Gasteiger charge is -2.16. The average molecular weight is 423 g/mol. The van der Waals surface area contributed by atoms with Gasteiger partial charge in [-0.2, -0.15) is 0 Å². The van der Waals surface area contributed by atoms with E-state index in [9.17, 15) is 4.79 Å². The van der Waals surface area contributed by atoms with Gasteiger partial charge in [0.2, 0.25) is 0 Å². The van der Waals surface area contributed by atoms with E-state index in [0.717, 1.165) is 29.1 Å². The van der Waals surface area contributed by atoms with Crippen molar-refractivity contribution in [3.63, 3.8) is 0 Å². The summed E-state index contributed by atoms with van der Waals surface area (Å²) in [6.07, 6.45) is 2.25. The highest BCUT2D eigenvalue weighted by molar-refractivity contribution is 7.99. The Morgan fingerprint density at radius 3 is 2.48 bits per heavy atom. The van der Waals surface area contributed by atoms with Gasteiger partial charge in [-0.15, -0.1) is 24.4 Å². The van der Waals surface area contributed by atoms with Gasteiger partial charge < -0.3 is 10.6 Å². The van der Waals surface area contributed by atoms with Crippen LogP contribution in [-0.4, -0.2) is 18.2 Å². The standard InChI is InChI=1S/C16H15NOS2.C8H11N/c18-16(17-13-4-6-14(19)7-5-13)12-3-8-15-11(10-12)2-1-9-20-15;1-2-9-8-6-4-3-5-7-8/h3-8,10,19H,1-2,9H2,(H,17,18);3-7,9H,2H2,1H3. The number of carbonyl (C=O) groups excluding carboxylic acids is 1. The molecule has 3 nitrogen and oxygen atoms in total. The maximum Gasteiger partial charge on any atom is 0.255 e. The molecule has 2 N–H and O–H groups in total. The molecular weight excluding hydrogens is 396 g/mol. The van der Waals surface area contributed by atoms with Gasteiger partial charge in [0.1, 0.15) is 0 Å². The number of amides is 1. The first-order valence-electron chi connectivity index (χ1n) is 9.80. The first-order valence-corrected chi connectivity index (χ1v) is 11.2. The predicted octanol–water partition coefficient (Wildman–Crippen LogP) is 6.38. The quantitative estimate of drug-likeness (QED) is 0.427. The fourth-order valence-electron chi connectivity index (χ4n) is 3.01. The summed E-state index contributed by atoms with van der Waals surface area (Å²) >= 11 is 6.11. The summed E-state index contributed by atoms with van der Waals surface area (Å²) in [5.41, 5.74) is 4.00. The van der Waals surface area contributed by atoms with E-state index in [1.54, 1.807) is 0 Å². The zero-order valence-corrected chi connectivity index (χ0v) is 18.2. The first kappa shape index (κ1) is 21.3. The summed E-state index contributed by atoms with van der Waals surface area (Å²) in [4.78, 5) is 14.4. The van der Waals surface area contributed by atoms with Crippen LogP contribution in [0.25, 0.3) is 0 Å². The molecule has 0 atom stereocenters. The zero-order valence-electron chi connectivity index (χ0n) is 16.5. The number of rotatable bonds is 4. The SMILES string of the molecule is CCNc1ccccc1.O=C(Nc1ccc(S)cc1)c1ccc2c(c1)CCCS2. The maximum absolute atomic E-state index is 12.2. The molecule has 3 aromatic carbocycles. The number of benzene rings is 3. The van der Waals surface area contributed by atoms with Crippen LogP contribution in [0.5, 0.6) is 0 Å². The smallest absolute Gasteiger partial charge is 0.255 e. The number of nitrogens with one attached hydrogen (secondary N) is 2. The minimum Gasteiger partial charge on any atom is -0.385 e. The lowest BCUT2D eigenvalue weighted by molar-refractivity contribution is 0.102. The van der Waals surface area contributed by atoms with Crippen molar-refractivity contribution in [1.29, 1.82) is 0 Å². The Morgan fingerprint density at radius 1 is 1.00 bits per heavy atom. The summed E-state index contributed by atoms with van der Waals surface area (Å²) in [5, 5.41) is 6.12. The Hall–Kier alpha value is -2.37. The van der Waals surface area contributed by atoms with Crippen molar-refractivity contribution in [1.82, 2.24) is 0 Å². The third-order valence-corrected chi connectivity index (χ3v) is 5.95. The molecule has 29 heavy (non-hydrogen) atoms. The molecule has 0 radical (unpaired) electrons. The van der Waals surface area contributed by atoms with Crippen molar-refractivity contribution in [2.24, 2.45) is 0 Å². The van der Waals surface area contributed by atoms with E-state index in [1.165, 1.54) is 28.3 Å². The zero-order chi connectivity index (χ0) is 20.5. The molecule has 4 rings (SSSR count). The minimum atomic E-state index is -0.0599. The molecule has 1 amide bonds. The summed E-state index contributed by atoms with van der Waals surface area (Å²) in [6, 6.07) is 23.6. The van der Waals surface area contributed by atoms with Crippen molar-refractivity contribution < 1.29 is 4.79 Å². The normalized spacial score (nSPS) is 12.2. The molecule has 1 aliphatic rings. The topological polar surface area (TPSA) is 41.1 Å². The van der Waals surface area contributed by atoms with Crippen molar-refractivity contribution in [2.75, 3.05) is 22.9 Å². The van der Waals surface area contributed by atoms with Crippen LogP contribution in [0.3, 0.4) is 0 Å². The number of thiol groups is 1. The Bertz CT molecular complexity index is 927. The highest BCUT2D eigenvalue weighted by Crippen LogP contribution is 2.30. The fraction of sp³-hybridized carbons (Fsp3) is 0.208. The van der Waals surface area contributed by atoms with Crippen molar-refractivity contribution in [3.05, 3.63) is 83.9 Å². The largest absolute Gasteiger partial charge is 0.385 e. The van der Waals surface area contributed by atoms with E-state index in [0.29, 0.717) is 0 Å². The number of carbonyl (C=O) groups is 1. The molecular formula is C24H26N2OS2. The third kappa shape index (κ3) is 6.58. The van der Waals surface area contributed by atoms with Gasteiger partial charge in [0.25, 0.3) is 5.91 Å². The van der Waals surface area contributed by atoms with Gasteiger partial charge in [-0.25, -0.2) is 0 Å². The van der Waals surface area contributed by atoms with Gasteiger partial charge in [-0.1, -0.05) is 18.2 Å². The van der Waals surface area contributed by atoms with Crippen LogP contribution in [0, 0.1) is 0 Å². The van der Waals surface area contributed by atoms with Gasteiger partial charge in [0, 0.05) is 33.3 Å². The molecule has 0 bridgehead atoms. The Labute approximate surface area is 182 Å². The molecule has 0 saturated carbocycles. The highest BCUT2D eigenvalue weighted by Gasteiger charge is 2.13. The maximum atomic E-state index is 12.2. The van der Waals surface area contributed by atoms with E-state index in [-0.39, 0.29) is 5.91 Å². The number of fused-ring (bicyclic) bond motifs is 1. The predicted molar refractivity (Wildman–Crippen MR) is 128 cm³/mol. The molecule has 0 aliphatic carbocycles. The molecule has 5 heteroatoms. The summed E-state index contributed by atoms with van der Waals surface area (Å²) in [7, 11) is 0. The summed E-state index contributed by atoms with van der Waals surface area (Å²) < 4.78 is 0. The molecule has 0 saturated heterocycles. The van der Waals surface area contributed by atoms with Gasteiger partial charge >= 0.3 is 0 Å². The summed E-state index contributed by atoms with van der Waals surface area (Å²) in [6.45, 7) is 3.08. The Morgan fingerprint density at radius 2 is 1.76 bits per heavy atom. The van der Waals surface area contributed by atoms with Crippen molar-refractivity contribution >= 4 is 41.7 Å². The van der Waals surface area contributed by atoms with Gasteiger partial charge in [-0.05, 0) is 85.7 Å². The fourth-order valence-corrected chi connectivity index (χ4v) is 4.18. The second-order valence-electron chi connectivity index (χ2n) is 6.67. The molecule has 0 aromatic heterocycles.